The molecule has 0 bridgehead atoms. The second kappa shape index (κ2) is 13.4. The van der Waals surface area contributed by atoms with Crippen LogP contribution in [0.1, 0.15) is 60.8 Å². The molecule has 10 nitrogen and oxygen atoms in total. The number of hydrogen-bond donors (Lipinski definition) is 0. The lowest BCUT2D eigenvalue weighted by molar-refractivity contribution is -0.290. The number of halogens is 1. The highest BCUT2D eigenvalue weighted by molar-refractivity contribution is 6.03. The third kappa shape index (κ3) is 7.92. The zero-order valence-corrected chi connectivity index (χ0v) is 20.1. The highest BCUT2D eigenvalue weighted by Crippen LogP contribution is 2.33. The standard InChI is InChI=1S/C22H35FO10/c1-7-16-13(4)17(31-14(5)24)18(32-15(6)25)19(33-16)30-12-10-11-22(23,20(26)28-8-2)21(27)29-9-3/h13,16-19H,7-12H2,1-6H3/t13-,16+,17-,18+,19?/m0/s1. The van der Waals surface area contributed by atoms with Crippen molar-refractivity contribution in [1.82, 2.24) is 0 Å². The maximum Gasteiger partial charge on any atom is 0.355 e. The van der Waals surface area contributed by atoms with Crippen LogP contribution in [-0.4, -0.2) is 74.0 Å². The number of ether oxygens (including phenoxy) is 6. The molecule has 1 aliphatic heterocycles. The number of carbonyl (C=O) groups is 4. The van der Waals surface area contributed by atoms with Crippen molar-refractivity contribution >= 4 is 23.9 Å². The molecule has 0 spiro atoms. The van der Waals surface area contributed by atoms with E-state index in [0.29, 0.717) is 6.42 Å². The number of rotatable bonds is 12. The predicted molar refractivity (Wildman–Crippen MR) is 112 cm³/mol. The fraction of sp³-hybridized carbons (Fsp3) is 0.818. The molecule has 0 aliphatic carbocycles. The Morgan fingerprint density at radius 2 is 1.42 bits per heavy atom. The van der Waals surface area contributed by atoms with Gasteiger partial charge in [0.15, 0.2) is 12.4 Å². The molecule has 1 heterocycles. The Morgan fingerprint density at radius 3 is 1.88 bits per heavy atom. The SMILES string of the molecule is CCOC(=O)C(F)(CCCOC1O[C@H](CC)[C@H](C)[C@H](OC(C)=O)[C@H]1OC(C)=O)C(=O)OCC. The number of alkyl halides is 1. The summed E-state index contributed by atoms with van der Waals surface area (Å²) in [7, 11) is 0. The molecule has 1 unspecified atom stereocenters. The quantitative estimate of drug-likeness (QED) is 0.178. The highest BCUT2D eigenvalue weighted by Gasteiger charge is 2.50. The van der Waals surface area contributed by atoms with Crippen molar-refractivity contribution in [2.24, 2.45) is 5.92 Å². The van der Waals surface area contributed by atoms with Crippen molar-refractivity contribution in [3.63, 3.8) is 0 Å². The van der Waals surface area contributed by atoms with E-state index < -0.39 is 54.5 Å². The molecule has 0 aromatic rings. The van der Waals surface area contributed by atoms with E-state index in [9.17, 15) is 19.2 Å². The summed E-state index contributed by atoms with van der Waals surface area (Å²) in [6, 6.07) is 0. The van der Waals surface area contributed by atoms with E-state index in [1.54, 1.807) is 0 Å². The van der Waals surface area contributed by atoms with E-state index in [1.165, 1.54) is 27.7 Å². The Bertz CT molecular complexity index is 664. The van der Waals surface area contributed by atoms with Gasteiger partial charge in [-0.1, -0.05) is 13.8 Å². The first kappa shape index (κ1) is 28.8. The highest BCUT2D eigenvalue weighted by atomic mass is 19.1. The van der Waals surface area contributed by atoms with Crippen molar-refractivity contribution in [2.75, 3.05) is 19.8 Å². The lowest BCUT2D eigenvalue weighted by Crippen LogP contribution is -2.57. The summed E-state index contributed by atoms with van der Waals surface area (Å²) in [6.07, 6.45) is -3.36. The molecular weight excluding hydrogens is 443 g/mol. The van der Waals surface area contributed by atoms with E-state index in [4.69, 9.17) is 18.9 Å². The average Bonchev–Trinajstić information content (AvgIpc) is 2.74. The van der Waals surface area contributed by atoms with Crippen molar-refractivity contribution in [3.8, 4) is 0 Å². The maximum absolute atomic E-state index is 15.2. The molecule has 5 atom stereocenters. The van der Waals surface area contributed by atoms with Crippen LogP contribution in [0.3, 0.4) is 0 Å². The Hall–Kier alpha value is -2.27. The fourth-order valence-corrected chi connectivity index (χ4v) is 3.62. The van der Waals surface area contributed by atoms with Gasteiger partial charge >= 0.3 is 29.5 Å². The van der Waals surface area contributed by atoms with Crippen LogP contribution in [0.4, 0.5) is 4.39 Å². The molecule has 0 aromatic heterocycles. The zero-order valence-electron chi connectivity index (χ0n) is 20.1. The van der Waals surface area contributed by atoms with Gasteiger partial charge in [-0.3, -0.25) is 9.59 Å². The van der Waals surface area contributed by atoms with E-state index in [1.807, 2.05) is 13.8 Å². The molecule has 0 saturated carbocycles. The molecule has 0 radical (unpaired) electrons. The average molecular weight is 479 g/mol. The molecule has 0 aromatic carbocycles. The van der Waals surface area contributed by atoms with Crippen molar-refractivity contribution in [1.29, 1.82) is 0 Å². The zero-order chi connectivity index (χ0) is 25.2. The van der Waals surface area contributed by atoms with Crippen molar-refractivity contribution in [3.05, 3.63) is 0 Å². The summed E-state index contributed by atoms with van der Waals surface area (Å²) in [4.78, 5) is 47.4. The predicted octanol–water partition coefficient (Wildman–Crippen LogP) is 2.25. The summed E-state index contributed by atoms with van der Waals surface area (Å²) in [6.45, 7) is 8.77. The largest absolute Gasteiger partial charge is 0.463 e. The van der Waals surface area contributed by atoms with E-state index in [0.717, 1.165) is 0 Å². The smallest absolute Gasteiger partial charge is 0.355 e. The summed E-state index contributed by atoms with van der Waals surface area (Å²) in [5.74, 6) is -4.11. The Kier molecular flexibility index (Phi) is 11.7. The molecule has 1 saturated heterocycles. The molecule has 11 heteroatoms. The van der Waals surface area contributed by atoms with Gasteiger partial charge in [0.25, 0.3) is 0 Å². The first-order valence-electron chi connectivity index (χ1n) is 11.2. The van der Waals surface area contributed by atoms with Crippen molar-refractivity contribution in [2.45, 2.75) is 91.1 Å². The summed E-state index contributed by atoms with van der Waals surface area (Å²) >= 11 is 0. The molecule has 1 rings (SSSR count). The van der Waals surface area contributed by atoms with Crippen LogP contribution in [0.15, 0.2) is 0 Å². The summed E-state index contributed by atoms with van der Waals surface area (Å²) in [5.41, 5.74) is -2.97. The molecule has 190 valence electrons. The molecule has 0 N–H and O–H groups in total. The maximum atomic E-state index is 15.2. The van der Waals surface area contributed by atoms with E-state index >= 15 is 4.39 Å². The molecular formula is C22H35FO10. The third-order valence-corrected chi connectivity index (χ3v) is 5.16. The third-order valence-electron chi connectivity index (χ3n) is 5.16. The van der Waals surface area contributed by atoms with E-state index in [-0.39, 0.29) is 38.3 Å². The van der Waals surface area contributed by atoms with Crippen LogP contribution in [-0.2, 0) is 47.6 Å². The normalized spacial score (nSPS) is 25.1. The number of carbonyl (C=O) groups excluding carboxylic acids is 4. The van der Waals surface area contributed by atoms with Crippen LogP contribution >= 0.6 is 0 Å². The minimum Gasteiger partial charge on any atom is -0.463 e. The fourth-order valence-electron chi connectivity index (χ4n) is 3.62. The molecule has 0 amide bonds. The van der Waals surface area contributed by atoms with Crippen LogP contribution < -0.4 is 0 Å². The van der Waals surface area contributed by atoms with Crippen molar-refractivity contribution < 1.29 is 52.0 Å². The van der Waals surface area contributed by atoms with Gasteiger partial charge in [0, 0.05) is 26.2 Å². The lowest BCUT2D eigenvalue weighted by atomic mass is 9.89. The minimum absolute atomic E-state index is 0.0780. The first-order chi connectivity index (χ1) is 15.5. The monoisotopic (exact) mass is 478 g/mol. The Labute approximate surface area is 193 Å². The van der Waals surface area contributed by atoms with Crippen LogP contribution in [0.2, 0.25) is 0 Å². The Balaban J connectivity index is 2.93. The van der Waals surface area contributed by atoms with Gasteiger partial charge in [0.05, 0.1) is 25.9 Å². The number of hydrogen-bond acceptors (Lipinski definition) is 10. The summed E-state index contributed by atoms with van der Waals surface area (Å²) in [5, 5.41) is 0. The lowest BCUT2D eigenvalue weighted by Gasteiger charge is -2.44. The van der Waals surface area contributed by atoms with Gasteiger partial charge in [-0.2, -0.15) is 0 Å². The molecule has 1 aliphatic rings. The van der Waals surface area contributed by atoms with Gasteiger partial charge in [-0.05, 0) is 26.7 Å². The van der Waals surface area contributed by atoms with Gasteiger partial charge < -0.3 is 28.4 Å². The topological polar surface area (TPSA) is 124 Å². The Morgan fingerprint density at radius 1 is 0.909 bits per heavy atom. The second-order valence-electron chi connectivity index (χ2n) is 7.67. The van der Waals surface area contributed by atoms with Crippen LogP contribution in [0.5, 0.6) is 0 Å². The van der Waals surface area contributed by atoms with Gasteiger partial charge in [0.2, 0.25) is 0 Å². The van der Waals surface area contributed by atoms with E-state index in [2.05, 4.69) is 9.47 Å². The first-order valence-corrected chi connectivity index (χ1v) is 11.2. The van der Waals surface area contributed by atoms with Crippen LogP contribution in [0.25, 0.3) is 0 Å². The van der Waals surface area contributed by atoms with Gasteiger partial charge in [-0.15, -0.1) is 0 Å². The van der Waals surface area contributed by atoms with Gasteiger partial charge in [-0.25, -0.2) is 14.0 Å². The second-order valence-corrected chi connectivity index (χ2v) is 7.67. The van der Waals surface area contributed by atoms with Gasteiger partial charge in [0.1, 0.15) is 6.10 Å². The number of esters is 4. The molecule has 33 heavy (non-hydrogen) atoms. The minimum atomic E-state index is -2.97. The summed E-state index contributed by atoms with van der Waals surface area (Å²) < 4.78 is 46.9. The molecule has 1 fully saturated rings. The van der Waals surface area contributed by atoms with Crippen LogP contribution in [0, 0.1) is 5.92 Å².